The van der Waals surface area contributed by atoms with Crippen LogP contribution >= 0.6 is 15.9 Å². The molecule has 0 heterocycles. The fraction of sp³-hybridized carbons (Fsp3) is 0.500. The van der Waals surface area contributed by atoms with Gasteiger partial charge in [-0.1, -0.05) is 36.7 Å². The molecular weight excluding hydrogens is 282 g/mol. The van der Waals surface area contributed by atoms with Gasteiger partial charge in [-0.15, -0.1) is 0 Å². The molecule has 16 heavy (non-hydrogen) atoms. The van der Waals surface area contributed by atoms with Gasteiger partial charge in [0.2, 0.25) is 0 Å². The Morgan fingerprint density at radius 2 is 1.81 bits per heavy atom. The van der Waals surface area contributed by atoms with Crippen LogP contribution in [0, 0.1) is 0 Å². The monoisotopic (exact) mass is 301 g/mol. The summed E-state index contributed by atoms with van der Waals surface area (Å²) in [5.41, 5.74) is 6.62. The Hall–Kier alpha value is -0.483. The van der Waals surface area contributed by atoms with Crippen molar-refractivity contribution < 1.29 is 4.43 Å². The smallest absolute Gasteiger partial charge is 0.250 e. The van der Waals surface area contributed by atoms with Crippen molar-refractivity contribution in [3.63, 3.8) is 0 Å². The Morgan fingerprint density at radius 1 is 1.25 bits per heavy atom. The van der Waals surface area contributed by atoms with Gasteiger partial charge >= 0.3 is 0 Å². The van der Waals surface area contributed by atoms with E-state index >= 15 is 0 Å². The highest BCUT2D eigenvalue weighted by Crippen LogP contribution is 2.39. The van der Waals surface area contributed by atoms with Crippen LogP contribution in [0.25, 0.3) is 0 Å². The third-order valence-electron chi connectivity index (χ3n) is 3.15. The van der Waals surface area contributed by atoms with Crippen molar-refractivity contribution in [3.8, 4) is 5.75 Å². The van der Waals surface area contributed by atoms with Crippen LogP contribution in [-0.2, 0) is 0 Å². The standard InChI is InChI=1S/C12H20BrNOSi/c1-12(2,3)16(4,5)15-11-8-9(13)6-7-10(11)14/h6-8H,14H2,1-5H3. The third-order valence-corrected chi connectivity index (χ3v) is 7.98. The second kappa shape index (κ2) is 4.41. The first kappa shape index (κ1) is 13.6. The lowest BCUT2D eigenvalue weighted by Crippen LogP contribution is -2.44. The van der Waals surface area contributed by atoms with Crippen molar-refractivity contribution in [1.82, 2.24) is 0 Å². The van der Waals surface area contributed by atoms with E-state index < -0.39 is 8.32 Å². The zero-order chi connectivity index (χ0) is 12.6. The van der Waals surface area contributed by atoms with Crippen molar-refractivity contribution in [2.24, 2.45) is 0 Å². The first-order valence-electron chi connectivity index (χ1n) is 5.37. The van der Waals surface area contributed by atoms with E-state index in [0.717, 1.165) is 10.2 Å². The molecule has 0 aliphatic heterocycles. The van der Waals surface area contributed by atoms with E-state index in [-0.39, 0.29) is 5.04 Å². The number of anilines is 1. The average Bonchev–Trinajstić information content (AvgIpc) is 2.09. The molecule has 1 rings (SSSR count). The van der Waals surface area contributed by atoms with Crippen LogP contribution in [-0.4, -0.2) is 8.32 Å². The lowest BCUT2D eigenvalue weighted by molar-refractivity contribution is 0.494. The van der Waals surface area contributed by atoms with Gasteiger partial charge in [0.15, 0.2) is 0 Å². The molecule has 0 bridgehead atoms. The molecule has 0 aliphatic carbocycles. The largest absolute Gasteiger partial charge is 0.542 e. The predicted molar refractivity (Wildman–Crippen MR) is 76.4 cm³/mol. The molecule has 0 saturated heterocycles. The lowest BCUT2D eigenvalue weighted by Gasteiger charge is -2.36. The molecule has 0 spiro atoms. The van der Waals surface area contributed by atoms with E-state index in [1.165, 1.54) is 0 Å². The summed E-state index contributed by atoms with van der Waals surface area (Å²) in [5, 5.41) is 0.182. The van der Waals surface area contributed by atoms with Crippen LogP contribution < -0.4 is 10.2 Å². The summed E-state index contributed by atoms with van der Waals surface area (Å²) in [5.74, 6) is 0.793. The molecule has 0 aliphatic rings. The maximum absolute atomic E-state index is 6.16. The zero-order valence-electron chi connectivity index (χ0n) is 10.6. The topological polar surface area (TPSA) is 35.2 Å². The maximum atomic E-state index is 6.16. The Labute approximate surface area is 107 Å². The van der Waals surface area contributed by atoms with Gasteiger partial charge in [-0.05, 0) is 36.3 Å². The van der Waals surface area contributed by atoms with Gasteiger partial charge in [0, 0.05) is 4.47 Å². The minimum atomic E-state index is -1.80. The van der Waals surface area contributed by atoms with E-state index in [1.54, 1.807) is 0 Å². The van der Waals surface area contributed by atoms with Crippen LogP contribution in [0.5, 0.6) is 5.75 Å². The Bertz CT molecular complexity index is 385. The molecule has 4 heteroatoms. The molecule has 2 nitrogen and oxygen atoms in total. The van der Waals surface area contributed by atoms with Crippen molar-refractivity contribution >= 4 is 29.9 Å². The van der Waals surface area contributed by atoms with Gasteiger partial charge in [0.25, 0.3) is 8.32 Å². The molecule has 0 unspecified atom stereocenters. The predicted octanol–water partition coefficient (Wildman–Crippen LogP) is 4.42. The van der Waals surface area contributed by atoms with E-state index in [4.69, 9.17) is 10.2 Å². The van der Waals surface area contributed by atoms with Crippen molar-refractivity contribution in [1.29, 1.82) is 0 Å². The maximum Gasteiger partial charge on any atom is 0.250 e. The Balaban J connectivity index is 3.01. The van der Waals surface area contributed by atoms with E-state index in [9.17, 15) is 0 Å². The van der Waals surface area contributed by atoms with Gasteiger partial charge in [-0.3, -0.25) is 0 Å². The Kier molecular flexibility index (Phi) is 3.75. The zero-order valence-corrected chi connectivity index (χ0v) is 13.2. The highest BCUT2D eigenvalue weighted by atomic mass is 79.9. The molecule has 2 N–H and O–H groups in total. The van der Waals surface area contributed by atoms with Crippen molar-refractivity contribution in [3.05, 3.63) is 22.7 Å². The fourth-order valence-corrected chi connectivity index (χ4v) is 2.40. The molecule has 0 amide bonds. The van der Waals surface area contributed by atoms with Crippen LogP contribution in [0.2, 0.25) is 18.1 Å². The molecule has 1 aromatic rings. The number of hydrogen-bond acceptors (Lipinski definition) is 2. The van der Waals surface area contributed by atoms with Gasteiger partial charge in [0.1, 0.15) is 5.75 Å². The summed E-state index contributed by atoms with van der Waals surface area (Å²) in [6.45, 7) is 11.1. The molecule has 90 valence electrons. The van der Waals surface area contributed by atoms with Gasteiger partial charge in [-0.25, -0.2) is 0 Å². The van der Waals surface area contributed by atoms with Gasteiger partial charge in [0.05, 0.1) is 5.69 Å². The number of hydrogen-bond donors (Lipinski definition) is 1. The SMILES string of the molecule is CC(C)(C)[Si](C)(C)Oc1cc(Br)ccc1N. The fourth-order valence-electron chi connectivity index (χ4n) is 1.02. The first-order chi connectivity index (χ1) is 7.13. The molecule has 0 atom stereocenters. The molecule has 0 aromatic heterocycles. The Morgan fingerprint density at radius 3 is 2.31 bits per heavy atom. The summed E-state index contributed by atoms with van der Waals surface area (Å²) < 4.78 is 7.16. The quantitative estimate of drug-likeness (QED) is 0.648. The summed E-state index contributed by atoms with van der Waals surface area (Å²) in [6, 6.07) is 5.73. The molecule has 0 radical (unpaired) electrons. The minimum Gasteiger partial charge on any atom is -0.542 e. The number of rotatable bonds is 2. The second-order valence-electron chi connectivity index (χ2n) is 5.54. The van der Waals surface area contributed by atoms with Crippen molar-refractivity contribution in [2.45, 2.75) is 38.9 Å². The summed E-state index contributed by atoms with van der Waals surface area (Å²) in [4.78, 5) is 0. The number of nitrogens with two attached hydrogens (primary N) is 1. The van der Waals surface area contributed by atoms with Gasteiger partial charge in [-0.2, -0.15) is 0 Å². The highest BCUT2D eigenvalue weighted by Gasteiger charge is 2.39. The summed E-state index contributed by atoms with van der Waals surface area (Å²) >= 11 is 3.43. The third kappa shape index (κ3) is 3.01. The normalized spacial score (nSPS) is 12.6. The second-order valence-corrected chi connectivity index (χ2v) is 11.2. The van der Waals surface area contributed by atoms with Crippen molar-refractivity contribution in [2.75, 3.05) is 5.73 Å². The van der Waals surface area contributed by atoms with Crippen LogP contribution in [0.15, 0.2) is 22.7 Å². The molecule has 0 saturated carbocycles. The molecular formula is C12H20BrNOSi. The van der Waals surface area contributed by atoms with E-state index in [2.05, 4.69) is 49.8 Å². The van der Waals surface area contributed by atoms with E-state index in [1.807, 2.05) is 18.2 Å². The highest BCUT2D eigenvalue weighted by molar-refractivity contribution is 9.10. The summed E-state index contributed by atoms with van der Waals surface area (Å²) in [7, 11) is -1.80. The summed E-state index contributed by atoms with van der Waals surface area (Å²) in [6.07, 6.45) is 0. The molecule has 0 fully saturated rings. The lowest BCUT2D eigenvalue weighted by atomic mass is 10.2. The first-order valence-corrected chi connectivity index (χ1v) is 9.08. The number of halogens is 1. The van der Waals surface area contributed by atoms with Crippen LogP contribution in [0.1, 0.15) is 20.8 Å². The average molecular weight is 302 g/mol. The minimum absolute atomic E-state index is 0.182. The van der Waals surface area contributed by atoms with Crippen LogP contribution in [0.4, 0.5) is 5.69 Å². The molecule has 1 aromatic carbocycles. The number of nitrogen functional groups attached to an aromatic ring is 1. The van der Waals surface area contributed by atoms with Gasteiger partial charge < -0.3 is 10.2 Å². The number of benzene rings is 1. The van der Waals surface area contributed by atoms with Crippen LogP contribution in [0.3, 0.4) is 0 Å². The van der Waals surface area contributed by atoms with E-state index in [0.29, 0.717) is 5.69 Å².